The SMILES string of the molecule is OCCCC1CCCN1CC(O)c1ccccc1. The first-order valence-electron chi connectivity index (χ1n) is 6.89. The van der Waals surface area contributed by atoms with Gasteiger partial charge in [0.2, 0.25) is 0 Å². The third-order valence-corrected chi connectivity index (χ3v) is 3.79. The summed E-state index contributed by atoms with van der Waals surface area (Å²) in [5.74, 6) is 0. The Hall–Kier alpha value is -0.900. The number of aliphatic hydroxyl groups is 2. The van der Waals surface area contributed by atoms with Gasteiger partial charge in [0.15, 0.2) is 0 Å². The first kappa shape index (κ1) is 13.5. The van der Waals surface area contributed by atoms with Crippen molar-refractivity contribution in [1.29, 1.82) is 0 Å². The lowest BCUT2D eigenvalue weighted by Gasteiger charge is -2.26. The molecule has 0 radical (unpaired) electrons. The van der Waals surface area contributed by atoms with Crippen molar-refractivity contribution < 1.29 is 10.2 Å². The second kappa shape index (κ2) is 6.88. The highest BCUT2D eigenvalue weighted by molar-refractivity contribution is 5.17. The fourth-order valence-corrected chi connectivity index (χ4v) is 2.79. The molecular weight excluding hydrogens is 226 g/mol. The van der Waals surface area contributed by atoms with Crippen LogP contribution in [-0.2, 0) is 0 Å². The van der Waals surface area contributed by atoms with Crippen LogP contribution in [0.4, 0.5) is 0 Å². The predicted molar refractivity (Wildman–Crippen MR) is 72.3 cm³/mol. The molecule has 1 aromatic carbocycles. The van der Waals surface area contributed by atoms with Crippen LogP contribution in [0.15, 0.2) is 30.3 Å². The van der Waals surface area contributed by atoms with E-state index in [4.69, 9.17) is 5.11 Å². The van der Waals surface area contributed by atoms with Crippen molar-refractivity contribution in [3.8, 4) is 0 Å². The summed E-state index contributed by atoms with van der Waals surface area (Å²) in [6.45, 7) is 2.05. The summed E-state index contributed by atoms with van der Waals surface area (Å²) < 4.78 is 0. The van der Waals surface area contributed by atoms with E-state index in [1.807, 2.05) is 30.3 Å². The molecule has 0 spiro atoms. The minimum Gasteiger partial charge on any atom is -0.396 e. The molecule has 1 aliphatic heterocycles. The van der Waals surface area contributed by atoms with Crippen molar-refractivity contribution in [3.05, 3.63) is 35.9 Å². The van der Waals surface area contributed by atoms with E-state index < -0.39 is 6.10 Å². The molecule has 18 heavy (non-hydrogen) atoms. The molecule has 0 aliphatic carbocycles. The van der Waals surface area contributed by atoms with Crippen LogP contribution in [0.5, 0.6) is 0 Å². The van der Waals surface area contributed by atoms with Crippen LogP contribution in [0, 0.1) is 0 Å². The van der Waals surface area contributed by atoms with E-state index in [1.165, 1.54) is 12.8 Å². The number of hydrogen-bond donors (Lipinski definition) is 2. The van der Waals surface area contributed by atoms with Gasteiger partial charge in [0.05, 0.1) is 6.10 Å². The molecule has 2 atom stereocenters. The van der Waals surface area contributed by atoms with Crippen LogP contribution in [0.3, 0.4) is 0 Å². The van der Waals surface area contributed by atoms with Gasteiger partial charge >= 0.3 is 0 Å². The molecule has 2 rings (SSSR count). The number of aliphatic hydroxyl groups excluding tert-OH is 2. The maximum atomic E-state index is 10.2. The van der Waals surface area contributed by atoms with Gasteiger partial charge in [-0.1, -0.05) is 30.3 Å². The van der Waals surface area contributed by atoms with Crippen molar-refractivity contribution in [2.24, 2.45) is 0 Å². The summed E-state index contributed by atoms with van der Waals surface area (Å²) in [6.07, 6.45) is 3.90. The Kier molecular flexibility index (Phi) is 5.17. The van der Waals surface area contributed by atoms with Crippen molar-refractivity contribution in [1.82, 2.24) is 4.90 Å². The van der Waals surface area contributed by atoms with Crippen LogP contribution in [0.2, 0.25) is 0 Å². The molecule has 1 fully saturated rings. The van der Waals surface area contributed by atoms with Gasteiger partial charge < -0.3 is 10.2 Å². The molecule has 0 amide bonds. The summed E-state index contributed by atoms with van der Waals surface area (Å²) in [4.78, 5) is 2.37. The van der Waals surface area contributed by atoms with E-state index >= 15 is 0 Å². The Morgan fingerprint density at radius 3 is 2.78 bits per heavy atom. The van der Waals surface area contributed by atoms with Gasteiger partial charge in [-0.3, -0.25) is 4.90 Å². The Bertz CT molecular complexity index is 342. The zero-order valence-electron chi connectivity index (χ0n) is 10.8. The maximum absolute atomic E-state index is 10.2. The van der Waals surface area contributed by atoms with Crippen LogP contribution in [0.25, 0.3) is 0 Å². The van der Waals surface area contributed by atoms with E-state index in [-0.39, 0.29) is 6.61 Å². The highest BCUT2D eigenvalue weighted by atomic mass is 16.3. The summed E-state index contributed by atoms with van der Waals surface area (Å²) in [6, 6.07) is 10.4. The smallest absolute Gasteiger partial charge is 0.0917 e. The van der Waals surface area contributed by atoms with Crippen LogP contribution >= 0.6 is 0 Å². The van der Waals surface area contributed by atoms with Gasteiger partial charge in [-0.15, -0.1) is 0 Å². The molecule has 100 valence electrons. The van der Waals surface area contributed by atoms with Gasteiger partial charge in [-0.25, -0.2) is 0 Å². The van der Waals surface area contributed by atoms with Crippen molar-refractivity contribution >= 4 is 0 Å². The Morgan fingerprint density at radius 1 is 1.28 bits per heavy atom. The van der Waals surface area contributed by atoms with Gasteiger partial charge in [-0.2, -0.15) is 0 Å². The summed E-state index contributed by atoms with van der Waals surface area (Å²) in [5, 5.41) is 19.1. The van der Waals surface area contributed by atoms with Gasteiger partial charge in [-0.05, 0) is 37.8 Å². The lowest BCUT2D eigenvalue weighted by atomic mass is 10.1. The fourth-order valence-electron chi connectivity index (χ4n) is 2.79. The zero-order chi connectivity index (χ0) is 12.8. The Labute approximate surface area is 109 Å². The molecule has 3 nitrogen and oxygen atoms in total. The van der Waals surface area contributed by atoms with Gasteiger partial charge in [0, 0.05) is 19.2 Å². The molecule has 0 saturated carbocycles. The van der Waals surface area contributed by atoms with Crippen molar-refractivity contribution in [2.45, 2.75) is 37.8 Å². The largest absolute Gasteiger partial charge is 0.396 e. The minimum atomic E-state index is -0.402. The van der Waals surface area contributed by atoms with Crippen molar-refractivity contribution in [2.75, 3.05) is 19.7 Å². The maximum Gasteiger partial charge on any atom is 0.0917 e. The van der Waals surface area contributed by atoms with Crippen LogP contribution < -0.4 is 0 Å². The highest BCUT2D eigenvalue weighted by Gasteiger charge is 2.25. The molecule has 1 heterocycles. The number of likely N-dealkylation sites (tertiary alicyclic amines) is 1. The quantitative estimate of drug-likeness (QED) is 0.810. The fraction of sp³-hybridized carbons (Fsp3) is 0.600. The third kappa shape index (κ3) is 3.55. The second-order valence-corrected chi connectivity index (χ2v) is 5.08. The van der Waals surface area contributed by atoms with E-state index in [9.17, 15) is 5.11 Å². The molecule has 3 heteroatoms. The predicted octanol–water partition coefficient (Wildman–Crippen LogP) is 1.96. The number of β-amino-alcohol motifs (C(OH)–C–C–N with tert-alkyl or cyclic N) is 1. The van der Waals surface area contributed by atoms with E-state index in [0.717, 1.165) is 24.9 Å². The number of hydrogen-bond acceptors (Lipinski definition) is 3. The number of nitrogens with zero attached hydrogens (tertiary/aromatic N) is 1. The third-order valence-electron chi connectivity index (χ3n) is 3.79. The van der Waals surface area contributed by atoms with Crippen LogP contribution in [-0.4, -0.2) is 40.9 Å². The number of benzene rings is 1. The standard InChI is InChI=1S/C15H23NO2/c17-11-5-9-14-8-4-10-16(14)12-15(18)13-6-2-1-3-7-13/h1-3,6-7,14-15,17-18H,4-5,8-12H2. The summed E-state index contributed by atoms with van der Waals surface area (Å²) in [7, 11) is 0. The second-order valence-electron chi connectivity index (χ2n) is 5.08. The monoisotopic (exact) mass is 249 g/mol. The topological polar surface area (TPSA) is 43.7 Å². The lowest BCUT2D eigenvalue weighted by molar-refractivity contribution is 0.101. The highest BCUT2D eigenvalue weighted by Crippen LogP contribution is 2.24. The van der Waals surface area contributed by atoms with Crippen LogP contribution in [0.1, 0.15) is 37.4 Å². The average Bonchev–Trinajstić information content (AvgIpc) is 2.84. The van der Waals surface area contributed by atoms with Gasteiger partial charge in [0.25, 0.3) is 0 Å². The molecule has 0 bridgehead atoms. The molecule has 0 aromatic heterocycles. The summed E-state index contributed by atoms with van der Waals surface area (Å²) in [5.41, 5.74) is 0.991. The Balaban J connectivity index is 1.88. The first-order valence-corrected chi connectivity index (χ1v) is 6.89. The molecule has 2 unspecified atom stereocenters. The number of rotatable bonds is 6. The molecule has 2 N–H and O–H groups in total. The minimum absolute atomic E-state index is 0.269. The summed E-state index contributed by atoms with van der Waals surface area (Å²) >= 11 is 0. The van der Waals surface area contributed by atoms with E-state index in [0.29, 0.717) is 12.6 Å². The molecule has 1 aromatic rings. The van der Waals surface area contributed by atoms with Crippen molar-refractivity contribution in [3.63, 3.8) is 0 Å². The van der Waals surface area contributed by atoms with Gasteiger partial charge in [0.1, 0.15) is 0 Å². The normalized spacial score (nSPS) is 22.2. The van der Waals surface area contributed by atoms with E-state index in [2.05, 4.69) is 4.90 Å². The molecule has 1 aliphatic rings. The molecular formula is C15H23NO2. The Morgan fingerprint density at radius 2 is 2.06 bits per heavy atom. The first-order chi connectivity index (χ1) is 8.81. The lowest BCUT2D eigenvalue weighted by Crippen LogP contribution is -2.33. The molecule has 1 saturated heterocycles. The van der Waals surface area contributed by atoms with E-state index in [1.54, 1.807) is 0 Å². The zero-order valence-corrected chi connectivity index (χ0v) is 10.8. The average molecular weight is 249 g/mol.